The van der Waals surface area contributed by atoms with Crippen LogP contribution in [0.2, 0.25) is 0 Å². The van der Waals surface area contributed by atoms with E-state index in [1.807, 2.05) is 12.1 Å². The Morgan fingerprint density at radius 1 is 1.05 bits per heavy atom. The van der Waals surface area contributed by atoms with Gasteiger partial charge in [-0.1, -0.05) is 52.3 Å². The molecule has 2 aromatic carbocycles. The molecule has 0 bridgehead atoms. The highest BCUT2D eigenvalue weighted by atomic mass is 79.9. The third-order valence-electron chi connectivity index (χ3n) is 3.36. The Bertz CT molecular complexity index is 519. The van der Waals surface area contributed by atoms with Crippen molar-refractivity contribution < 1.29 is 4.39 Å². The van der Waals surface area contributed by atoms with Gasteiger partial charge >= 0.3 is 0 Å². The van der Waals surface area contributed by atoms with Crippen LogP contribution in [0.15, 0.2) is 48.5 Å². The minimum atomic E-state index is -0.171. The van der Waals surface area contributed by atoms with E-state index in [2.05, 4.69) is 47.1 Å². The third-order valence-corrected chi connectivity index (χ3v) is 4.14. The van der Waals surface area contributed by atoms with Crippen molar-refractivity contribution in [2.75, 3.05) is 0 Å². The van der Waals surface area contributed by atoms with Gasteiger partial charge in [0.05, 0.1) is 0 Å². The second-order valence-electron chi connectivity index (χ2n) is 4.89. The molecule has 19 heavy (non-hydrogen) atoms. The van der Waals surface area contributed by atoms with Gasteiger partial charge < -0.3 is 0 Å². The Morgan fingerprint density at radius 3 is 2.42 bits per heavy atom. The Labute approximate surface area is 122 Å². The summed E-state index contributed by atoms with van der Waals surface area (Å²) in [6, 6.07) is 15.3. The SMILES string of the molecule is Cc1ccccc1CCC(Br)Cc1ccc(F)cc1. The van der Waals surface area contributed by atoms with Crippen LogP contribution in [0.4, 0.5) is 4.39 Å². The number of benzene rings is 2. The van der Waals surface area contributed by atoms with Gasteiger partial charge in [0.25, 0.3) is 0 Å². The number of aryl methyl sites for hydroxylation is 2. The molecule has 0 aromatic heterocycles. The topological polar surface area (TPSA) is 0 Å². The first-order chi connectivity index (χ1) is 9.15. The smallest absolute Gasteiger partial charge is 0.123 e. The van der Waals surface area contributed by atoms with E-state index in [1.54, 1.807) is 0 Å². The minimum absolute atomic E-state index is 0.171. The molecule has 2 rings (SSSR count). The van der Waals surface area contributed by atoms with Gasteiger partial charge in [0.2, 0.25) is 0 Å². The lowest BCUT2D eigenvalue weighted by atomic mass is 10.0. The van der Waals surface area contributed by atoms with E-state index in [-0.39, 0.29) is 5.82 Å². The molecule has 0 N–H and O–H groups in total. The molecule has 1 atom stereocenters. The van der Waals surface area contributed by atoms with Gasteiger partial charge in [-0.25, -0.2) is 4.39 Å². The zero-order valence-corrected chi connectivity index (χ0v) is 12.7. The summed E-state index contributed by atoms with van der Waals surface area (Å²) in [6.07, 6.45) is 3.10. The number of hydrogen-bond acceptors (Lipinski definition) is 0. The molecule has 0 amide bonds. The number of alkyl halides is 1. The first kappa shape index (κ1) is 14.3. The average molecular weight is 321 g/mol. The monoisotopic (exact) mass is 320 g/mol. The van der Waals surface area contributed by atoms with E-state index in [4.69, 9.17) is 0 Å². The highest BCUT2D eigenvalue weighted by Gasteiger charge is 2.07. The molecule has 2 aromatic rings. The normalized spacial score (nSPS) is 12.4. The maximum absolute atomic E-state index is 12.8. The van der Waals surface area contributed by atoms with Crippen LogP contribution in [-0.4, -0.2) is 4.83 Å². The predicted octanol–water partition coefficient (Wildman–Crippen LogP) is 5.07. The van der Waals surface area contributed by atoms with E-state index >= 15 is 0 Å². The summed E-state index contributed by atoms with van der Waals surface area (Å²) in [4.78, 5) is 0.428. The fourth-order valence-electron chi connectivity index (χ4n) is 2.18. The summed E-state index contributed by atoms with van der Waals surface area (Å²) in [5.74, 6) is -0.171. The van der Waals surface area contributed by atoms with Crippen molar-refractivity contribution in [1.29, 1.82) is 0 Å². The van der Waals surface area contributed by atoms with E-state index in [9.17, 15) is 4.39 Å². The van der Waals surface area contributed by atoms with Crippen LogP contribution in [0.1, 0.15) is 23.1 Å². The van der Waals surface area contributed by atoms with Gasteiger partial charge in [-0.2, -0.15) is 0 Å². The van der Waals surface area contributed by atoms with Crippen LogP contribution in [0.3, 0.4) is 0 Å². The van der Waals surface area contributed by atoms with Gasteiger partial charge in [-0.05, 0) is 55.0 Å². The molecule has 0 saturated heterocycles. The molecular formula is C17H18BrF. The van der Waals surface area contributed by atoms with E-state index in [0.717, 1.165) is 19.3 Å². The molecule has 100 valence electrons. The maximum atomic E-state index is 12.8. The lowest BCUT2D eigenvalue weighted by Crippen LogP contribution is -2.05. The van der Waals surface area contributed by atoms with Crippen molar-refractivity contribution >= 4 is 15.9 Å². The fraction of sp³-hybridized carbons (Fsp3) is 0.294. The predicted molar refractivity (Wildman–Crippen MR) is 82.3 cm³/mol. The Morgan fingerprint density at radius 2 is 1.74 bits per heavy atom. The Hall–Kier alpha value is -1.15. The van der Waals surface area contributed by atoms with Crippen molar-refractivity contribution in [3.8, 4) is 0 Å². The van der Waals surface area contributed by atoms with Gasteiger partial charge in [0, 0.05) is 4.83 Å². The summed E-state index contributed by atoms with van der Waals surface area (Å²) in [5.41, 5.74) is 3.93. The van der Waals surface area contributed by atoms with Crippen LogP contribution < -0.4 is 0 Å². The summed E-state index contributed by atoms with van der Waals surface area (Å²) < 4.78 is 12.8. The number of hydrogen-bond donors (Lipinski definition) is 0. The van der Waals surface area contributed by atoms with Crippen molar-refractivity contribution in [3.63, 3.8) is 0 Å². The van der Waals surface area contributed by atoms with Crippen molar-refractivity contribution in [1.82, 2.24) is 0 Å². The Kier molecular flexibility index (Phi) is 5.15. The first-order valence-electron chi connectivity index (χ1n) is 6.58. The fourth-order valence-corrected chi connectivity index (χ4v) is 2.78. The lowest BCUT2D eigenvalue weighted by molar-refractivity contribution is 0.626. The molecular weight excluding hydrogens is 303 g/mol. The molecule has 0 aliphatic rings. The number of halogens is 2. The van der Waals surface area contributed by atoms with E-state index in [0.29, 0.717) is 4.83 Å². The first-order valence-corrected chi connectivity index (χ1v) is 7.50. The summed E-state index contributed by atoms with van der Waals surface area (Å²) >= 11 is 3.72. The Balaban J connectivity index is 1.86. The highest BCUT2D eigenvalue weighted by molar-refractivity contribution is 9.09. The van der Waals surface area contributed by atoms with Gasteiger partial charge in [-0.3, -0.25) is 0 Å². The zero-order valence-electron chi connectivity index (χ0n) is 11.1. The van der Waals surface area contributed by atoms with Gasteiger partial charge in [0.1, 0.15) is 5.82 Å². The van der Waals surface area contributed by atoms with Crippen LogP contribution in [0.5, 0.6) is 0 Å². The highest BCUT2D eigenvalue weighted by Crippen LogP contribution is 2.18. The average Bonchev–Trinajstić information content (AvgIpc) is 2.40. The number of rotatable bonds is 5. The van der Waals surface area contributed by atoms with Crippen LogP contribution >= 0.6 is 15.9 Å². The standard InChI is InChI=1S/C17H18BrF/c1-13-4-2-3-5-15(13)8-9-16(18)12-14-6-10-17(19)11-7-14/h2-7,10-11,16H,8-9,12H2,1H3. The summed E-state index contributed by atoms with van der Waals surface area (Å²) in [5, 5.41) is 0. The lowest BCUT2D eigenvalue weighted by Gasteiger charge is -2.11. The van der Waals surface area contributed by atoms with Crippen LogP contribution in [0.25, 0.3) is 0 Å². The van der Waals surface area contributed by atoms with Crippen molar-refractivity contribution in [3.05, 3.63) is 71.0 Å². The summed E-state index contributed by atoms with van der Waals surface area (Å²) in [7, 11) is 0. The molecule has 0 aliphatic carbocycles. The second-order valence-corrected chi connectivity index (χ2v) is 6.19. The molecule has 1 unspecified atom stereocenters. The van der Waals surface area contributed by atoms with Crippen LogP contribution in [-0.2, 0) is 12.8 Å². The van der Waals surface area contributed by atoms with Crippen LogP contribution in [0, 0.1) is 12.7 Å². The van der Waals surface area contributed by atoms with Crippen molar-refractivity contribution in [2.45, 2.75) is 31.0 Å². The molecule has 2 heteroatoms. The summed E-state index contributed by atoms with van der Waals surface area (Å²) in [6.45, 7) is 2.15. The van der Waals surface area contributed by atoms with Gasteiger partial charge in [-0.15, -0.1) is 0 Å². The third kappa shape index (κ3) is 4.46. The molecule has 0 spiro atoms. The molecule has 0 heterocycles. The molecule has 0 radical (unpaired) electrons. The van der Waals surface area contributed by atoms with E-state index in [1.165, 1.54) is 28.8 Å². The molecule has 0 saturated carbocycles. The van der Waals surface area contributed by atoms with Crippen molar-refractivity contribution in [2.24, 2.45) is 0 Å². The van der Waals surface area contributed by atoms with Gasteiger partial charge in [0.15, 0.2) is 0 Å². The quantitative estimate of drug-likeness (QED) is 0.674. The zero-order chi connectivity index (χ0) is 13.7. The minimum Gasteiger partial charge on any atom is -0.207 e. The van der Waals surface area contributed by atoms with E-state index < -0.39 is 0 Å². The molecule has 0 aliphatic heterocycles. The molecule has 0 fully saturated rings. The maximum Gasteiger partial charge on any atom is 0.123 e. The largest absolute Gasteiger partial charge is 0.207 e. The molecule has 0 nitrogen and oxygen atoms in total. The second kappa shape index (κ2) is 6.85.